The highest BCUT2D eigenvalue weighted by Gasteiger charge is 2.43. The SMILES string of the molecule is O=CC1CC[C@@H](C(F)(F)F)N1. The Morgan fingerprint density at radius 3 is 2.27 bits per heavy atom. The zero-order valence-corrected chi connectivity index (χ0v) is 5.69. The molecule has 0 amide bonds. The van der Waals surface area contributed by atoms with Crippen LogP contribution in [0.5, 0.6) is 0 Å². The van der Waals surface area contributed by atoms with Crippen molar-refractivity contribution in [3.8, 4) is 0 Å². The highest BCUT2D eigenvalue weighted by molar-refractivity contribution is 5.58. The molecule has 1 heterocycles. The molecule has 0 aliphatic carbocycles. The number of aldehydes is 1. The summed E-state index contributed by atoms with van der Waals surface area (Å²) in [7, 11) is 0. The summed E-state index contributed by atoms with van der Waals surface area (Å²) >= 11 is 0. The summed E-state index contributed by atoms with van der Waals surface area (Å²) in [4.78, 5) is 10.0. The van der Waals surface area contributed by atoms with Gasteiger partial charge in [-0.1, -0.05) is 0 Å². The molecule has 0 aromatic rings. The van der Waals surface area contributed by atoms with Crippen LogP contribution in [0, 0.1) is 0 Å². The Morgan fingerprint density at radius 1 is 1.36 bits per heavy atom. The Labute approximate surface area is 61.8 Å². The minimum atomic E-state index is -4.21. The lowest BCUT2D eigenvalue weighted by molar-refractivity contribution is -0.152. The molecule has 11 heavy (non-hydrogen) atoms. The first kappa shape index (κ1) is 8.52. The number of carbonyl (C=O) groups excluding carboxylic acids is 1. The fourth-order valence-electron chi connectivity index (χ4n) is 1.14. The van der Waals surface area contributed by atoms with E-state index < -0.39 is 18.3 Å². The molecule has 0 bridgehead atoms. The van der Waals surface area contributed by atoms with Gasteiger partial charge < -0.3 is 4.79 Å². The van der Waals surface area contributed by atoms with E-state index in [1.807, 2.05) is 0 Å². The van der Waals surface area contributed by atoms with Crippen LogP contribution in [0.4, 0.5) is 13.2 Å². The second-order valence-corrected chi connectivity index (χ2v) is 2.58. The number of rotatable bonds is 1. The lowest BCUT2D eigenvalue weighted by Crippen LogP contribution is -2.40. The number of carbonyl (C=O) groups is 1. The second-order valence-electron chi connectivity index (χ2n) is 2.58. The quantitative estimate of drug-likeness (QED) is 0.587. The van der Waals surface area contributed by atoms with Crippen molar-refractivity contribution in [1.29, 1.82) is 0 Å². The van der Waals surface area contributed by atoms with Crippen LogP contribution in [0.2, 0.25) is 0 Å². The van der Waals surface area contributed by atoms with Crippen LogP contribution < -0.4 is 5.32 Å². The molecule has 1 fully saturated rings. The molecule has 1 aliphatic heterocycles. The van der Waals surface area contributed by atoms with Crippen molar-refractivity contribution in [3.63, 3.8) is 0 Å². The molecule has 2 nitrogen and oxygen atoms in total. The molecular weight excluding hydrogens is 159 g/mol. The minimum absolute atomic E-state index is 0.00685. The molecule has 0 spiro atoms. The third-order valence-electron chi connectivity index (χ3n) is 1.74. The molecule has 2 atom stereocenters. The lowest BCUT2D eigenvalue weighted by atomic mass is 10.2. The topological polar surface area (TPSA) is 29.1 Å². The van der Waals surface area contributed by atoms with E-state index in [0.717, 1.165) is 0 Å². The largest absolute Gasteiger partial charge is 0.403 e. The maximum absolute atomic E-state index is 11.9. The summed E-state index contributed by atoms with van der Waals surface area (Å²) in [6, 6.07) is -2.10. The summed E-state index contributed by atoms with van der Waals surface area (Å²) in [6.45, 7) is 0. The summed E-state index contributed by atoms with van der Waals surface area (Å²) in [6.07, 6.45) is -3.40. The van der Waals surface area contributed by atoms with Gasteiger partial charge in [0, 0.05) is 0 Å². The Hall–Kier alpha value is -0.580. The van der Waals surface area contributed by atoms with Gasteiger partial charge in [-0.25, -0.2) is 0 Å². The van der Waals surface area contributed by atoms with Crippen molar-refractivity contribution in [2.24, 2.45) is 0 Å². The van der Waals surface area contributed by atoms with Crippen molar-refractivity contribution in [3.05, 3.63) is 0 Å². The molecule has 1 N–H and O–H groups in total. The fraction of sp³-hybridized carbons (Fsp3) is 0.833. The molecule has 0 saturated carbocycles. The van der Waals surface area contributed by atoms with Crippen LogP contribution in [0.15, 0.2) is 0 Å². The van der Waals surface area contributed by atoms with Crippen molar-refractivity contribution >= 4 is 6.29 Å². The van der Waals surface area contributed by atoms with E-state index in [0.29, 0.717) is 6.29 Å². The summed E-state index contributed by atoms with van der Waals surface area (Å²) < 4.78 is 35.7. The molecular formula is C6H8F3NO. The van der Waals surface area contributed by atoms with Crippen LogP contribution in [0.1, 0.15) is 12.8 Å². The van der Waals surface area contributed by atoms with Gasteiger partial charge in [-0.3, -0.25) is 5.32 Å². The molecule has 5 heteroatoms. The van der Waals surface area contributed by atoms with E-state index in [4.69, 9.17) is 0 Å². The highest BCUT2D eigenvalue weighted by Crippen LogP contribution is 2.27. The van der Waals surface area contributed by atoms with Crippen LogP contribution in [0.25, 0.3) is 0 Å². The first-order valence-electron chi connectivity index (χ1n) is 3.32. The Morgan fingerprint density at radius 2 is 2.00 bits per heavy atom. The monoisotopic (exact) mass is 167 g/mol. The summed E-state index contributed by atoms with van der Waals surface area (Å²) in [5, 5.41) is 2.19. The van der Waals surface area contributed by atoms with E-state index in [-0.39, 0.29) is 12.8 Å². The van der Waals surface area contributed by atoms with Gasteiger partial charge in [0.15, 0.2) is 0 Å². The van der Waals surface area contributed by atoms with E-state index in [1.165, 1.54) is 0 Å². The van der Waals surface area contributed by atoms with E-state index in [1.54, 1.807) is 0 Å². The third kappa shape index (κ3) is 1.92. The van der Waals surface area contributed by atoms with Crippen molar-refractivity contribution in [1.82, 2.24) is 5.32 Å². The predicted molar refractivity (Wildman–Crippen MR) is 32.1 cm³/mol. The van der Waals surface area contributed by atoms with E-state index in [9.17, 15) is 18.0 Å². The number of hydrogen-bond acceptors (Lipinski definition) is 2. The van der Waals surface area contributed by atoms with Crippen molar-refractivity contribution in [2.45, 2.75) is 31.1 Å². The van der Waals surface area contributed by atoms with Gasteiger partial charge in [0.05, 0.1) is 6.04 Å². The summed E-state index contributed by atoms with van der Waals surface area (Å²) in [5.41, 5.74) is 0. The number of alkyl halides is 3. The Bertz CT molecular complexity index is 156. The second kappa shape index (κ2) is 2.81. The van der Waals surface area contributed by atoms with Gasteiger partial charge in [-0.15, -0.1) is 0 Å². The van der Waals surface area contributed by atoms with Gasteiger partial charge in [0.2, 0.25) is 0 Å². The average molecular weight is 167 g/mol. The van der Waals surface area contributed by atoms with Crippen molar-refractivity contribution < 1.29 is 18.0 Å². The first-order valence-corrected chi connectivity index (χ1v) is 3.32. The molecule has 64 valence electrons. The molecule has 1 unspecified atom stereocenters. The molecule has 0 aromatic heterocycles. The van der Waals surface area contributed by atoms with Gasteiger partial charge in [0.25, 0.3) is 0 Å². The average Bonchev–Trinajstić information content (AvgIpc) is 2.32. The maximum atomic E-state index is 11.9. The molecule has 1 saturated heterocycles. The zero-order chi connectivity index (χ0) is 8.48. The van der Waals surface area contributed by atoms with Crippen LogP contribution in [0.3, 0.4) is 0 Å². The first-order chi connectivity index (χ1) is 5.04. The zero-order valence-electron chi connectivity index (χ0n) is 5.69. The Kier molecular flexibility index (Phi) is 2.17. The van der Waals surface area contributed by atoms with Crippen LogP contribution in [-0.4, -0.2) is 24.5 Å². The van der Waals surface area contributed by atoms with Crippen molar-refractivity contribution in [2.75, 3.05) is 0 Å². The molecule has 1 rings (SSSR count). The molecule has 1 aliphatic rings. The van der Waals surface area contributed by atoms with E-state index in [2.05, 4.69) is 5.32 Å². The molecule has 0 aromatic carbocycles. The molecule has 0 radical (unpaired) electrons. The summed E-state index contributed by atoms with van der Waals surface area (Å²) in [5.74, 6) is 0. The van der Waals surface area contributed by atoms with Gasteiger partial charge in [-0.2, -0.15) is 13.2 Å². The maximum Gasteiger partial charge on any atom is 0.403 e. The predicted octanol–water partition coefficient (Wildman–Crippen LogP) is 0.868. The van der Waals surface area contributed by atoms with Crippen LogP contribution in [-0.2, 0) is 4.79 Å². The third-order valence-corrected chi connectivity index (χ3v) is 1.74. The van der Waals surface area contributed by atoms with Crippen LogP contribution >= 0.6 is 0 Å². The normalized spacial score (nSPS) is 32.3. The van der Waals surface area contributed by atoms with Gasteiger partial charge in [-0.05, 0) is 12.8 Å². The standard InChI is InChI=1S/C6H8F3NO/c7-6(8,9)5-2-1-4(3-11)10-5/h3-5,10H,1-2H2/t4?,5-/m0/s1. The minimum Gasteiger partial charge on any atom is -0.302 e. The smallest absolute Gasteiger partial charge is 0.302 e. The number of hydrogen-bond donors (Lipinski definition) is 1. The van der Waals surface area contributed by atoms with Gasteiger partial charge >= 0.3 is 6.18 Å². The van der Waals surface area contributed by atoms with E-state index >= 15 is 0 Å². The van der Waals surface area contributed by atoms with Gasteiger partial charge in [0.1, 0.15) is 12.3 Å². The highest BCUT2D eigenvalue weighted by atomic mass is 19.4. The number of halogens is 3. The lowest BCUT2D eigenvalue weighted by Gasteiger charge is -2.14. The number of nitrogens with one attached hydrogen (secondary N) is 1. The Balaban J connectivity index is 2.48. The fourth-order valence-corrected chi connectivity index (χ4v) is 1.14.